The van der Waals surface area contributed by atoms with E-state index in [1.807, 2.05) is 24.3 Å². The fourth-order valence-corrected chi connectivity index (χ4v) is 0.937. The highest BCUT2D eigenvalue weighted by Gasteiger charge is 2.38. The van der Waals surface area contributed by atoms with Gasteiger partial charge in [-0.25, -0.2) is 4.79 Å². The van der Waals surface area contributed by atoms with E-state index in [-0.39, 0.29) is 0 Å². The lowest BCUT2D eigenvalue weighted by molar-refractivity contribution is -0.192. The number of rotatable bonds is 0. The molecular weight excluding hydrogens is 237 g/mol. The first-order valence-corrected chi connectivity index (χ1v) is 4.37. The van der Waals surface area contributed by atoms with E-state index >= 15 is 0 Å². The van der Waals surface area contributed by atoms with Crippen LogP contribution in [0.5, 0.6) is 0 Å². The highest BCUT2D eigenvalue weighted by Crippen LogP contribution is 2.13. The number of benzene rings is 1. The van der Waals surface area contributed by atoms with Crippen LogP contribution in [0.25, 0.3) is 10.8 Å². The number of halogens is 3. The largest absolute Gasteiger partial charge is 0.490 e. The maximum atomic E-state index is 10.6. The highest BCUT2D eigenvalue weighted by molar-refractivity contribution is 5.80. The Labute approximate surface area is 93.7 Å². The second-order valence-electron chi connectivity index (χ2n) is 2.92. The smallest absolute Gasteiger partial charge is 0.475 e. The fourth-order valence-electron chi connectivity index (χ4n) is 0.937. The minimum Gasteiger partial charge on any atom is -0.475 e. The van der Waals surface area contributed by atoms with Gasteiger partial charge in [0, 0.05) is 10.8 Å². The van der Waals surface area contributed by atoms with E-state index in [0.717, 1.165) is 10.8 Å². The highest BCUT2D eigenvalue weighted by atomic mass is 19.4. The molecule has 0 aliphatic heterocycles. The first-order chi connectivity index (χ1) is 7.91. The van der Waals surface area contributed by atoms with Crippen molar-refractivity contribution in [3.63, 3.8) is 0 Å². The summed E-state index contributed by atoms with van der Waals surface area (Å²) >= 11 is 0. The standard InChI is InChI=1S/C8H6N2.C2HF3O2/c1-2-4-8-6-10-9-5-7(8)3-1;3-2(4,5)1(6)7/h1-6H;(H,6,7). The SMILES string of the molecule is O=C(O)C(F)(F)F.c1ccc2cnncc2c1. The fraction of sp³-hybridized carbons (Fsp3) is 0.100. The molecule has 1 N–H and O–H groups in total. The Bertz CT molecular complexity index is 449. The van der Waals surface area contributed by atoms with Gasteiger partial charge >= 0.3 is 12.1 Å². The first kappa shape index (κ1) is 12.9. The number of hydrogen-bond donors (Lipinski definition) is 1. The maximum Gasteiger partial charge on any atom is 0.490 e. The molecule has 0 aliphatic rings. The Kier molecular flexibility index (Phi) is 3.97. The predicted octanol–water partition coefficient (Wildman–Crippen LogP) is 2.26. The Balaban J connectivity index is 0.000000185. The first-order valence-electron chi connectivity index (χ1n) is 4.37. The summed E-state index contributed by atoms with van der Waals surface area (Å²) in [4.78, 5) is 8.90. The lowest BCUT2D eigenvalue weighted by atomic mass is 10.2. The Morgan fingerprint density at radius 3 is 1.71 bits per heavy atom. The van der Waals surface area contributed by atoms with E-state index in [9.17, 15) is 13.2 Å². The third-order valence-corrected chi connectivity index (χ3v) is 1.70. The van der Waals surface area contributed by atoms with Crippen LogP contribution in [-0.4, -0.2) is 27.4 Å². The van der Waals surface area contributed by atoms with Crippen molar-refractivity contribution in [1.29, 1.82) is 0 Å². The molecule has 90 valence electrons. The number of hydrogen-bond acceptors (Lipinski definition) is 3. The summed E-state index contributed by atoms with van der Waals surface area (Å²) < 4.78 is 31.7. The lowest BCUT2D eigenvalue weighted by Gasteiger charge is -1.93. The maximum absolute atomic E-state index is 10.6. The van der Waals surface area contributed by atoms with Gasteiger partial charge < -0.3 is 5.11 Å². The molecule has 0 fully saturated rings. The molecule has 0 saturated carbocycles. The van der Waals surface area contributed by atoms with E-state index in [1.165, 1.54) is 0 Å². The van der Waals surface area contributed by atoms with Crippen LogP contribution >= 0.6 is 0 Å². The molecule has 17 heavy (non-hydrogen) atoms. The Hall–Kier alpha value is -2.18. The van der Waals surface area contributed by atoms with Crippen molar-refractivity contribution in [2.45, 2.75) is 6.18 Å². The number of carboxylic acid groups (broad SMARTS) is 1. The summed E-state index contributed by atoms with van der Waals surface area (Å²) in [6.45, 7) is 0. The minimum absolute atomic E-state index is 1.14. The molecule has 2 rings (SSSR count). The monoisotopic (exact) mass is 244 g/mol. The van der Waals surface area contributed by atoms with Gasteiger partial charge in [-0.3, -0.25) is 0 Å². The zero-order valence-electron chi connectivity index (χ0n) is 8.35. The van der Waals surface area contributed by atoms with Crippen LogP contribution in [0.2, 0.25) is 0 Å². The van der Waals surface area contributed by atoms with E-state index in [0.29, 0.717) is 0 Å². The molecular formula is C10H7F3N2O2. The summed E-state index contributed by atoms with van der Waals surface area (Å²) in [6, 6.07) is 8.02. The van der Waals surface area contributed by atoms with Crippen LogP contribution in [0.1, 0.15) is 0 Å². The number of carboxylic acids is 1. The molecule has 0 amide bonds. The van der Waals surface area contributed by atoms with Crippen molar-refractivity contribution in [2.24, 2.45) is 0 Å². The number of alkyl halides is 3. The van der Waals surface area contributed by atoms with Gasteiger partial charge in [0.15, 0.2) is 0 Å². The van der Waals surface area contributed by atoms with Crippen LogP contribution in [0.4, 0.5) is 13.2 Å². The van der Waals surface area contributed by atoms with Crippen molar-refractivity contribution in [2.75, 3.05) is 0 Å². The lowest BCUT2D eigenvalue weighted by Crippen LogP contribution is -2.21. The van der Waals surface area contributed by atoms with Gasteiger partial charge in [0.25, 0.3) is 0 Å². The molecule has 1 aromatic carbocycles. The number of nitrogens with zero attached hydrogens (tertiary/aromatic N) is 2. The summed E-state index contributed by atoms with van der Waals surface area (Å²) in [6.07, 6.45) is -1.56. The number of carbonyl (C=O) groups is 1. The second-order valence-corrected chi connectivity index (χ2v) is 2.92. The molecule has 0 saturated heterocycles. The zero-order chi connectivity index (χ0) is 12.9. The van der Waals surface area contributed by atoms with Gasteiger partial charge in [0.2, 0.25) is 0 Å². The summed E-state index contributed by atoms with van der Waals surface area (Å²) in [7, 11) is 0. The van der Waals surface area contributed by atoms with Crippen LogP contribution < -0.4 is 0 Å². The molecule has 0 radical (unpaired) electrons. The van der Waals surface area contributed by atoms with Crippen LogP contribution in [0, 0.1) is 0 Å². The molecule has 0 spiro atoms. The van der Waals surface area contributed by atoms with Gasteiger partial charge in [-0.1, -0.05) is 24.3 Å². The molecule has 4 nitrogen and oxygen atoms in total. The predicted molar refractivity (Wildman–Crippen MR) is 53.2 cm³/mol. The average molecular weight is 244 g/mol. The van der Waals surface area contributed by atoms with E-state index in [2.05, 4.69) is 10.2 Å². The summed E-state index contributed by atoms with van der Waals surface area (Å²) in [5, 5.41) is 16.9. The van der Waals surface area contributed by atoms with E-state index < -0.39 is 12.1 Å². The van der Waals surface area contributed by atoms with Gasteiger partial charge in [0.05, 0.1) is 12.4 Å². The molecule has 2 aromatic rings. The molecule has 7 heteroatoms. The van der Waals surface area contributed by atoms with Gasteiger partial charge in [-0.05, 0) is 0 Å². The van der Waals surface area contributed by atoms with Crippen LogP contribution in [0.15, 0.2) is 36.7 Å². The number of aliphatic carboxylic acids is 1. The summed E-state index contributed by atoms with van der Waals surface area (Å²) in [5.74, 6) is -2.76. The van der Waals surface area contributed by atoms with Crippen molar-refractivity contribution in [1.82, 2.24) is 10.2 Å². The number of fused-ring (bicyclic) bond motifs is 1. The van der Waals surface area contributed by atoms with Crippen LogP contribution in [-0.2, 0) is 4.79 Å². The van der Waals surface area contributed by atoms with Gasteiger partial charge in [0.1, 0.15) is 0 Å². The Morgan fingerprint density at radius 1 is 1.06 bits per heavy atom. The van der Waals surface area contributed by atoms with Crippen molar-refractivity contribution in [3.8, 4) is 0 Å². The van der Waals surface area contributed by atoms with Crippen molar-refractivity contribution >= 4 is 16.7 Å². The molecule has 1 aromatic heterocycles. The molecule has 0 bridgehead atoms. The summed E-state index contributed by atoms with van der Waals surface area (Å²) in [5.41, 5.74) is 0. The van der Waals surface area contributed by atoms with Crippen molar-refractivity contribution < 1.29 is 23.1 Å². The van der Waals surface area contributed by atoms with E-state index in [1.54, 1.807) is 12.4 Å². The van der Waals surface area contributed by atoms with E-state index in [4.69, 9.17) is 9.90 Å². The third kappa shape index (κ3) is 4.06. The van der Waals surface area contributed by atoms with Gasteiger partial charge in [-0.15, -0.1) is 0 Å². The molecule has 1 heterocycles. The Morgan fingerprint density at radius 2 is 1.41 bits per heavy atom. The molecule has 0 aliphatic carbocycles. The third-order valence-electron chi connectivity index (χ3n) is 1.70. The quantitative estimate of drug-likeness (QED) is 0.772. The normalized spacial score (nSPS) is 10.5. The topological polar surface area (TPSA) is 63.1 Å². The van der Waals surface area contributed by atoms with Crippen LogP contribution in [0.3, 0.4) is 0 Å². The second kappa shape index (κ2) is 5.24. The average Bonchev–Trinajstić information content (AvgIpc) is 2.29. The zero-order valence-corrected chi connectivity index (χ0v) is 8.35. The minimum atomic E-state index is -5.08. The van der Waals surface area contributed by atoms with Gasteiger partial charge in [-0.2, -0.15) is 23.4 Å². The molecule has 0 unspecified atom stereocenters. The van der Waals surface area contributed by atoms with Crippen molar-refractivity contribution in [3.05, 3.63) is 36.7 Å². The molecule has 0 atom stereocenters. The number of aromatic nitrogens is 2.